The van der Waals surface area contributed by atoms with E-state index in [4.69, 9.17) is 9.47 Å². The summed E-state index contributed by atoms with van der Waals surface area (Å²) in [5.41, 5.74) is -0.154. The number of ether oxygens (including phenoxy) is 2. The van der Waals surface area contributed by atoms with Gasteiger partial charge in [-0.05, 0) is 43.7 Å². The standard InChI is InChI=1S/C22H26N2O5S2/c1-28-14-22(11-12-22)21-24-20(29-16-6-4-3-5-7-16)18(30-21)19(25)23-17(15-8-9-15)10-13-31(2,26)27/h3-7,10,13,15,17H,8-9,11-12,14H2,1-2H3,(H,23,25)/b13-10+/t17-/m1/s1. The molecule has 2 aliphatic rings. The number of carbonyl (C=O) groups excluding carboxylic acids is 1. The summed E-state index contributed by atoms with van der Waals surface area (Å²) in [4.78, 5) is 18.3. The first-order valence-corrected chi connectivity index (χ1v) is 13.0. The number of aromatic nitrogens is 1. The zero-order valence-electron chi connectivity index (χ0n) is 17.5. The Bertz CT molecular complexity index is 1070. The third kappa shape index (κ3) is 5.53. The van der Waals surface area contributed by atoms with Crippen LogP contribution in [0.1, 0.15) is 40.4 Å². The fraction of sp³-hybridized carbons (Fsp3) is 0.455. The van der Waals surface area contributed by atoms with E-state index in [1.807, 2.05) is 30.3 Å². The van der Waals surface area contributed by atoms with Crippen LogP contribution in [0.5, 0.6) is 11.6 Å². The number of carbonyl (C=O) groups is 1. The summed E-state index contributed by atoms with van der Waals surface area (Å²) in [5, 5.41) is 4.97. The Balaban J connectivity index is 1.61. The second-order valence-electron chi connectivity index (χ2n) is 8.28. The molecular formula is C22H26N2O5S2. The molecule has 31 heavy (non-hydrogen) atoms. The van der Waals surface area contributed by atoms with Crippen molar-refractivity contribution < 1.29 is 22.7 Å². The molecule has 0 radical (unpaired) electrons. The van der Waals surface area contributed by atoms with Crippen molar-refractivity contribution in [2.24, 2.45) is 5.92 Å². The second kappa shape index (κ2) is 8.72. The second-order valence-corrected chi connectivity index (χ2v) is 11.2. The molecule has 9 heteroatoms. The minimum absolute atomic E-state index is 0.154. The van der Waals surface area contributed by atoms with E-state index in [1.54, 1.807) is 13.2 Å². The van der Waals surface area contributed by atoms with Crippen LogP contribution in [-0.4, -0.2) is 45.3 Å². The fourth-order valence-corrected chi connectivity index (χ4v) is 5.00. The number of sulfone groups is 1. The van der Waals surface area contributed by atoms with Gasteiger partial charge in [-0.2, -0.15) is 0 Å². The first kappa shape index (κ1) is 22.0. The van der Waals surface area contributed by atoms with Gasteiger partial charge in [0.25, 0.3) is 5.91 Å². The Hall–Kier alpha value is -2.23. The highest BCUT2D eigenvalue weighted by Gasteiger charge is 2.48. The number of hydrogen-bond acceptors (Lipinski definition) is 7. The molecule has 7 nitrogen and oxygen atoms in total. The molecule has 2 fully saturated rings. The van der Waals surface area contributed by atoms with Gasteiger partial charge in [-0.15, -0.1) is 11.3 Å². The maximum Gasteiger partial charge on any atom is 0.267 e. The van der Waals surface area contributed by atoms with Gasteiger partial charge in [-0.1, -0.05) is 24.3 Å². The molecule has 0 aliphatic heterocycles. The van der Waals surface area contributed by atoms with E-state index in [0.29, 0.717) is 17.2 Å². The van der Waals surface area contributed by atoms with Crippen molar-refractivity contribution in [2.75, 3.05) is 20.0 Å². The van der Waals surface area contributed by atoms with Crippen LogP contribution in [0.3, 0.4) is 0 Å². The van der Waals surface area contributed by atoms with E-state index in [1.165, 1.54) is 11.3 Å². The summed E-state index contributed by atoms with van der Waals surface area (Å²) in [6.45, 7) is 0.550. The van der Waals surface area contributed by atoms with Gasteiger partial charge in [0.2, 0.25) is 5.88 Å². The molecule has 1 heterocycles. The summed E-state index contributed by atoms with van der Waals surface area (Å²) in [5.74, 6) is 0.808. The van der Waals surface area contributed by atoms with Crippen LogP contribution in [0.4, 0.5) is 0 Å². The van der Waals surface area contributed by atoms with Gasteiger partial charge in [0.05, 0.1) is 12.6 Å². The Kier molecular flexibility index (Phi) is 6.18. The number of para-hydroxylation sites is 1. The molecule has 1 N–H and O–H groups in total. The third-order valence-electron chi connectivity index (χ3n) is 5.45. The molecule has 166 valence electrons. The van der Waals surface area contributed by atoms with Crippen molar-refractivity contribution >= 4 is 27.1 Å². The smallest absolute Gasteiger partial charge is 0.267 e. The van der Waals surface area contributed by atoms with Crippen LogP contribution in [0.15, 0.2) is 41.8 Å². The molecule has 1 amide bonds. The van der Waals surface area contributed by atoms with Gasteiger partial charge >= 0.3 is 0 Å². The molecule has 4 rings (SSSR count). The Morgan fingerprint density at radius 2 is 2.03 bits per heavy atom. The van der Waals surface area contributed by atoms with E-state index < -0.39 is 9.84 Å². The minimum Gasteiger partial charge on any atom is -0.437 e. The van der Waals surface area contributed by atoms with Crippen molar-refractivity contribution in [3.8, 4) is 11.6 Å². The lowest BCUT2D eigenvalue weighted by molar-refractivity contribution is 0.0942. The van der Waals surface area contributed by atoms with Crippen molar-refractivity contribution in [3.05, 3.63) is 51.7 Å². The number of rotatable bonds is 10. The monoisotopic (exact) mass is 462 g/mol. The van der Waals surface area contributed by atoms with Crippen molar-refractivity contribution in [1.82, 2.24) is 10.3 Å². The largest absolute Gasteiger partial charge is 0.437 e. The molecule has 0 spiro atoms. The van der Waals surface area contributed by atoms with E-state index in [2.05, 4.69) is 10.3 Å². The molecule has 0 unspecified atom stereocenters. The van der Waals surface area contributed by atoms with Gasteiger partial charge < -0.3 is 14.8 Å². The van der Waals surface area contributed by atoms with Crippen molar-refractivity contribution in [1.29, 1.82) is 0 Å². The van der Waals surface area contributed by atoms with Gasteiger partial charge in [-0.25, -0.2) is 13.4 Å². The predicted octanol–water partition coefficient (Wildman–Crippen LogP) is 3.68. The number of methoxy groups -OCH3 is 1. The highest BCUT2D eigenvalue weighted by molar-refractivity contribution is 7.93. The maximum atomic E-state index is 13.2. The summed E-state index contributed by atoms with van der Waals surface area (Å²) < 4.78 is 34.4. The molecule has 2 saturated carbocycles. The molecule has 0 saturated heterocycles. The molecule has 1 aromatic carbocycles. The topological polar surface area (TPSA) is 94.6 Å². The predicted molar refractivity (Wildman–Crippen MR) is 119 cm³/mol. The van der Waals surface area contributed by atoms with Crippen molar-refractivity contribution in [2.45, 2.75) is 37.1 Å². The van der Waals surface area contributed by atoms with Crippen LogP contribution in [0.2, 0.25) is 0 Å². The lowest BCUT2D eigenvalue weighted by Crippen LogP contribution is -2.34. The molecule has 1 aromatic heterocycles. The quantitative estimate of drug-likeness (QED) is 0.579. The summed E-state index contributed by atoms with van der Waals surface area (Å²) >= 11 is 1.32. The van der Waals surface area contributed by atoms with Crippen LogP contribution >= 0.6 is 11.3 Å². The number of nitrogens with one attached hydrogen (secondary N) is 1. The number of nitrogens with zero attached hydrogens (tertiary/aromatic N) is 1. The number of hydrogen-bond donors (Lipinski definition) is 1. The maximum absolute atomic E-state index is 13.2. The normalized spacial score (nSPS) is 18.6. The van der Waals surface area contributed by atoms with Crippen LogP contribution < -0.4 is 10.1 Å². The molecule has 2 aromatic rings. The lowest BCUT2D eigenvalue weighted by atomic mass is 10.1. The van der Waals surface area contributed by atoms with Crippen LogP contribution in [0.25, 0.3) is 0 Å². The lowest BCUT2D eigenvalue weighted by Gasteiger charge is -2.14. The first-order valence-electron chi connectivity index (χ1n) is 10.2. The highest BCUT2D eigenvalue weighted by atomic mass is 32.2. The number of benzene rings is 1. The van der Waals surface area contributed by atoms with Crippen LogP contribution in [0, 0.1) is 5.92 Å². The number of thiazole rings is 1. The average Bonchev–Trinajstić information content (AvgIpc) is 3.65. The zero-order valence-corrected chi connectivity index (χ0v) is 19.2. The Morgan fingerprint density at radius 3 is 2.61 bits per heavy atom. The van der Waals surface area contributed by atoms with Crippen molar-refractivity contribution in [3.63, 3.8) is 0 Å². The first-order chi connectivity index (χ1) is 14.8. The zero-order chi connectivity index (χ0) is 22.1. The molecule has 2 aliphatic carbocycles. The highest BCUT2D eigenvalue weighted by Crippen LogP contribution is 2.51. The average molecular weight is 463 g/mol. The van der Waals surface area contributed by atoms with Gasteiger partial charge in [-0.3, -0.25) is 4.79 Å². The van der Waals surface area contributed by atoms with E-state index in [9.17, 15) is 13.2 Å². The number of amides is 1. The molecule has 0 bridgehead atoms. The van der Waals surface area contributed by atoms with Crippen LogP contribution in [-0.2, 0) is 20.0 Å². The SMILES string of the molecule is COCC1(c2nc(Oc3ccccc3)c(C(=O)N[C@H](/C=C/S(C)(=O)=O)C3CC3)s2)CC1. The van der Waals surface area contributed by atoms with E-state index >= 15 is 0 Å². The fourth-order valence-electron chi connectivity index (χ4n) is 3.42. The third-order valence-corrected chi connectivity index (χ3v) is 7.38. The summed E-state index contributed by atoms with van der Waals surface area (Å²) in [6, 6.07) is 8.88. The molecular weight excluding hydrogens is 436 g/mol. The van der Waals surface area contributed by atoms with E-state index in [0.717, 1.165) is 42.4 Å². The molecule has 1 atom stereocenters. The Morgan fingerprint density at radius 1 is 1.32 bits per heavy atom. The van der Waals surface area contributed by atoms with Gasteiger partial charge in [0.1, 0.15) is 10.8 Å². The Labute approximate surface area is 186 Å². The van der Waals surface area contributed by atoms with E-state index in [-0.39, 0.29) is 29.2 Å². The summed E-state index contributed by atoms with van der Waals surface area (Å²) in [7, 11) is -1.60. The van der Waals surface area contributed by atoms with Gasteiger partial charge in [0, 0.05) is 24.2 Å². The summed E-state index contributed by atoms with van der Waals surface area (Å²) in [6.07, 6.45) is 6.54. The van der Waals surface area contributed by atoms with Gasteiger partial charge in [0.15, 0.2) is 14.7 Å². The minimum atomic E-state index is -3.27.